The summed E-state index contributed by atoms with van der Waals surface area (Å²) in [7, 11) is 0. The smallest absolute Gasteiger partial charge is 0.355 e. The van der Waals surface area contributed by atoms with Crippen molar-refractivity contribution in [2.45, 2.75) is 25.3 Å². The summed E-state index contributed by atoms with van der Waals surface area (Å²) in [6, 6.07) is 7.99. The van der Waals surface area contributed by atoms with Gasteiger partial charge < -0.3 is 10.4 Å². The van der Waals surface area contributed by atoms with Gasteiger partial charge in [0.05, 0.1) is 12.5 Å². The minimum absolute atomic E-state index is 0.0213. The van der Waals surface area contributed by atoms with Crippen LogP contribution in [0.2, 0.25) is 0 Å². The maximum absolute atomic E-state index is 12.3. The quantitative estimate of drug-likeness (QED) is 0.907. The van der Waals surface area contributed by atoms with Crippen molar-refractivity contribution < 1.29 is 14.7 Å². The molecule has 21 heavy (non-hydrogen) atoms. The number of carbonyl (C=O) groups excluding carboxylic acids is 1. The van der Waals surface area contributed by atoms with Crippen molar-refractivity contribution in [2.24, 2.45) is 0 Å². The molecular formula is C15H14N2O3S. The van der Waals surface area contributed by atoms with Gasteiger partial charge in [0.1, 0.15) is 5.01 Å². The zero-order valence-corrected chi connectivity index (χ0v) is 12.0. The second-order valence-corrected chi connectivity index (χ2v) is 5.88. The van der Waals surface area contributed by atoms with Gasteiger partial charge in [0.25, 0.3) is 0 Å². The number of fused-ring (bicyclic) bond motifs is 1. The lowest BCUT2D eigenvalue weighted by Crippen LogP contribution is -2.27. The zero-order valence-electron chi connectivity index (χ0n) is 11.2. The summed E-state index contributed by atoms with van der Waals surface area (Å²) in [6.45, 7) is 0.273. The molecule has 0 fully saturated rings. The lowest BCUT2D eigenvalue weighted by Gasteiger charge is -2.11. The molecule has 0 aliphatic heterocycles. The molecule has 1 unspecified atom stereocenters. The third kappa shape index (κ3) is 2.80. The van der Waals surface area contributed by atoms with Crippen LogP contribution in [0, 0.1) is 0 Å². The first-order valence-corrected chi connectivity index (χ1v) is 7.56. The molecule has 1 aliphatic carbocycles. The van der Waals surface area contributed by atoms with Gasteiger partial charge in [-0.15, -0.1) is 11.3 Å². The number of carbonyl (C=O) groups is 2. The lowest BCUT2D eigenvalue weighted by atomic mass is 10.0. The van der Waals surface area contributed by atoms with Crippen LogP contribution < -0.4 is 5.32 Å². The Hall–Kier alpha value is -2.21. The molecule has 0 spiro atoms. The number of carboxylic acids is 1. The van der Waals surface area contributed by atoms with Gasteiger partial charge in [0, 0.05) is 5.38 Å². The Balaban J connectivity index is 1.63. The van der Waals surface area contributed by atoms with E-state index in [0.29, 0.717) is 5.01 Å². The molecule has 2 N–H and O–H groups in total. The molecule has 108 valence electrons. The second-order valence-electron chi connectivity index (χ2n) is 4.94. The first-order chi connectivity index (χ1) is 10.1. The first kappa shape index (κ1) is 13.8. The fourth-order valence-electron chi connectivity index (χ4n) is 2.61. The molecule has 0 saturated heterocycles. The highest BCUT2D eigenvalue weighted by Gasteiger charge is 2.28. The van der Waals surface area contributed by atoms with E-state index in [1.807, 2.05) is 18.2 Å². The van der Waals surface area contributed by atoms with E-state index in [0.717, 1.165) is 18.4 Å². The first-order valence-electron chi connectivity index (χ1n) is 6.68. The summed E-state index contributed by atoms with van der Waals surface area (Å²) in [6.07, 6.45) is 1.75. The van der Waals surface area contributed by atoms with E-state index < -0.39 is 5.97 Å². The molecule has 5 nitrogen and oxygen atoms in total. The highest BCUT2D eigenvalue weighted by Crippen LogP contribution is 2.32. The van der Waals surface area contributed by atoms with Crippen LogP contribution in [0.4, 0.5) is 0 Å². The maximum Gasteiger partial charge on any atom is 0.355 e. The molecule has 0 radical (unpaired) electrons. The van der Waals surface area contributed by atoms with Crippen molar-refractivity contribution in [3.63, 3.8) is 0 Å². The normalized spacial score (nSPS) is 16.5. The van der Waals surface area contributed by atoms with Crippen LogP contribution in [0.25, 0.3) is 0 Å². The number of aromatic carboxylic acids is 1. The number of carboxylic acid groups (broad SMARTS) is 1. The van der Waals surface area contributed by atoms with E-state index in [1.54, 1.807) is 0 Å². The molecule has 0 saturated carbocycles. The van der Waals surface area contributed by atoms with Crippen LogP contribution in [0.1, 0.15) is 39.0 Å². The predicted molar refractivity (Wildman–Crippen MR) is 78.4 cm³/mol. The fourth-order valence-corrected chi connectivity index (χ4v) is 3.31. The Morgan fingerprint density at radius 1 is 1.38 bits per heavy atom. The lowest BCUT2D eigenvalue weighted by molar-refractivity contribution is -0.122. The molecule has 1 amide bonds. The Bertz CT molecular complexity index is 696. The largest absolute Gasteiger partial charge is 0.476 e. The molecule has 1 heterocycles. The van der Waals surface area contributed by atoms with Crippen molar-refractivity contribution in [3.05, 3.63) is 51.5 Å². The van der Waals surface area contributed by atoms with Gasteiger partial charge in [-0.3, -0.25) is 4.79 Å². The summed E-state index contributed by atoms with van der Waals surface area (Å²) in [5, 5.41) is 13.7. The summed E-state index contributed by atoms with van der Waals surface area (Å²) >= 11 is 1.24. The fraction of sp³-hybridized carbons (Fsp3) is 0.267. The number of aryl methyl sites for hydroxylation is 1. The minimum atomic E-state index is -1.05. The highest BCUT2D eigenvalue weighted by atomic mass is 32.1. The van der Waals surface area contributed by atoms with Crippen LogP contribution in [0.3, 0.4) is 0 Å². The van der Waals surface area contributed by atoms with Gasteiger partial charge in [0.15, 0.2) is 5.69 Å². The van der Waals surface area contributed by atoms with E-state index in [1.165, 1.54) is 22.3 Å². The van der Waals surface area contributed by atoms with Crippen molar-refractivity contribution >= 4 is 23.2 Å². The van der Waals surface area contributed by atoms with Crippen LogP contribution in [0.15, 0.2) is 29.6 Å². The standard InChI is InChI=1S/C15H14N2O3S/c18-14(11-6-5-9-3-1-2-4-10(9)11)16-7-13-17-12(8-21-13)15(19)20/h1-4,8,11H,5-7H2,(H,16,18)(H,19,20). The molecule has 0 bridgehead atoms. The van der Waals surface area contributed by atoms with Crippen LogP contribution in [0.5, 0.6) is 0 Å². The second kappa shape index (κ2) is 5.65. The number of hydrogen-bond donors (Lipinski definition) is 2. The number of rotatable bonds is 4. The van der Waals surface area contributed by atoms with Gasteiger partial charge in [-0.25, -0.2) is 9.78 Å². The number of nitrogens with zero attached hydrogens (tertiary/aromatic N) is 1. The number of hydrogen-bond acceptors (Lipinski definition) is 4. The maximum atomic E-state index is 12.3. The minimum Gasteiger partial charge on any atom is -0.476 e. The molecule has 6 heteroatoms. The molecule has 2 aromatic rings. The third-order valence-corrected chi connectivity index (χ3v) is 4.48. The monoisotopic (exact) mass is 302 g/mol. The molecule has 1 aromatic carbocycles. The van der Waals surface area contributed by atoms with E-state index in [4.69, 9.17) is 5.11 Å². The number of amides is 1. The van der Waals surface area contributed by atoms with Crippen molar-refractivity contribution in [1.82, 2.24) is 10.3 Å². The van der Waals surface area contributed by atoms with Crippen molar-refractivity contribution in [2.75, 3.05) is 0 Å². The average Bonchev–Trinajstić information content (AvgIpc) is 3.11. The van der Waals surface area contributed by atoms with Crippen LogP contribution >= 0.6 is 11.3 Å². The Kier molecular flexibility index (Phi) is 3.70. The Labute approximate surface area is 125 Å². The molecular weight excluding hydrogens is 288 g/mol. The van der Waals surface area contributed by atoms with Crippen LogP contribution in [-0.2, 0) is 17.8 Å². The number of thiazole rings is 1. The van der Waals surface area contributed by atoms with Crippen molar-refractivity contribution in [1.29, 1.82) is 0 Å². The zero-order chi connectivity index (χ0) is 14.8. The Morgan fingerprint density at radius 3 is 2.95 bits per heavy atom. The molecule has 3 rings (SSSR count). The average molecular weight is 302 g/mol. The van der Waals surface area contributed by atoms with Gasteiger partial charge in [-0.2, -0.15) is 0 Å². The molecule has 1 aliphatic rings. The van der Waals surface area contributed by atoms with Crippen molar-refractivity contribution in [3.8, 4) is 0 Å². The van der Waals surface area contributed by atoms with E-state index in [-0.39, 0.29) is 24.1 Å². The van der Waals surface area contributed by atoms with E-state index >= 15 is 0 Å². The predicted octanol–water partition coefficient (Wildman–Crippen LogP) is 2.19. The Morgan fingerprint density at radius 2 is 2.19 bits per heavy atom. The van der Waals surface area contributed by atoms with Gasteiger partial charge in [0.2, 0.25) is 5.91 Å². The topological polar surface area (TPSA) is 79.3 Å². The molecule has 1 atom stereocenters. The van der Waals surface area contributed by atoms with Crippen LogP contribution in [-0.4, -0.2) is 22.0 Å². The molecule has 1 aromatic heterocycles. The van der Waals surface area contributed by atoms with E-state index in [2.05, 4.69) is 16.4 Å². The SMILES string of the molecule is O=C(O)c1csc(CNC(=O)C2CCc3ccccc32)n1. The highest BCUT2D eigenvalue weighted by molar-refractivity contribution is 7.09. The number of benzene rings is 1. The van der Waals surface area contributed by atoms with Gasteiger partial charge in [-0.05, 0) is 24.0 Å². The number of nitrogens with one attached hydrogen (secondary N) is 1. The number of aromatic nitrogens is 1. The third-order valence-electron chi connectivity index (χ3n) is 3.63. The van der Waals surface area contributed by atoms with Gasteiger partial charge in [-0.1, -0.05) is 24.3 Å². The van der Waals surface area contributed by atoms with E-state index in [9.17, 15) is 9.59 Å². The summed E-state index contributed by atoms with van der Waals surface area (Å²) in [4.78, 5) is 27.0. The van der Waals surface area contributed by atoms with Gasteiger partial charge >= 0.3 is 5.97 Å². The summed E-state index contributed by atoms with van der Waals surface area (Å²) in [5.74, 6) is -1.18. The summed E-state index contributed by atoms with van der Waals surface area (Å²) < 4.78 is 0. The summed E-state index contributed by atoms with van der Waals surface area (Å²) in [5.41, 5.74) is 2.36.